The third-order valence-electron chi connectivity index (χ3n) is 3.03. The van der Waals surface area contributed by atoms with Crippen molar-refractivity contribution in [2.75, 3.05) is 19.6 Å². The van der Waals surface area contributed by atoms with Crippen LogP contribution in [0.2, 0.25) is 0 Å². The molecule has 100 valence electrons. The van der Waals surface area contributed by atoms with Gasteiger partial charge in [-0.1, -0.05) is 37.3 Å². The second-order valence-electron chi connectivity index (χ2n) is 4.55. The zero-order valence-corrected chi connectivity index (χ0v) is 11.4. The minimum Gasteiger partial charge on any atom is -0.356 e. The molecule has 0 bridgehead atoms. The van der Waals surface area contributed by atoms with Crippen LogP contribution in [0.1, 0.15) is 38.2 Å². The Balaban J connectivity index is 2.09. The molecule has 1 unspecified atom stereocenters. The summed E-state index contributed by atoms with van der Waals surface area (Å²) in [5.41, 5.74) is 1.38. The Labute approximate surface area is 110 Å². The summed E-state index contributed by atoms with van der Waals surface area (Å²) in [5.74, 6) is 0.685. The second-order valence-corrected chi connectivity index (χ2v) is 4.55. The van der Waals surface area contributed by atoms with Gasteiger partial charge in [-0.25, -0.2) is 0 Å². The smallest absolute Gasteiger partial charge is 0.221 e. The summed E-state index contributed by atoms with van der Waals surface area (Å²) in [6, 6.07) is 10.5. The van der Waals surface area contributed by atoms with Gasteiger partial charge < -0.3 is 10.6 Å². The number of carbonyl (C=O) groups is 1. The largest absolute Gasteiger partial charge is 0.356 e. The Kier molecular flexibility index (Phi) is 7.11. The highest BCUT2D eigenvalue weighted by Gasteiger charge is 2.04. The average Bonchev–Trinajstić information content (AvgIpc) is 2.39. The van der Waals surface area contributed by atoms with Crippen LogP contribution in [-0.4, -0.2) is 25.5 Å². The van der Waals surface area contributed by atoms with Gasteiger partial charge in [0.25, 0.3) is 0 Å². The highest BCUT2D eigenvalue weighted by atomic mass is 16.1. The first-order chi connectivity index (χ1) is 8.74. The molecule has 0 saturated heterocycles. The maximum Gasteiger partial charge on any atom is 0.221 e. The van der Waals surface area contributed by atoms with E-state index in [4.69, 9.17) is 0 Å². The number of rotatable bonds is 8. The Morgan fingerprint density at radius 1 is 1.22 bits per heavy atom. The molecule has 1 aromatic rings. The summed E-state index contributed by atoms with van der Waals surface area (Å²) in [7, 11) is 0. The lowest BCUT2D eigenvalue weighted by atomic mass is 9.98. The van der Waals surface area contributed by atoms with Gasteiger partial charge in [0.15, 0.2) is 0 Å². The predicted molar refractivity (Wildman–Crippen MR) is 75.6 cm³/mol. The van der Waals surface area contributed by atoms with E-state index in [1.165, 1.54) is 5.56 Å². The Morgan fingerprint density at radius 3 is 2.61 bits per heavy atom. The van der Waals surface area contributed by atoms with Crippen molar-refractivity contribution in [3.8, 4) is 0 Å². The molecule has 0 aliphatic heterocycles. The van der Waals surface area contributed by atoms with Crippen molar-refractivity contribution >= 4 is 5.91 Å². The number of hydrogen-bond acceptors (Lipinski definition) is 2. The molecule has 1 amide bonds. The van der Waals surface area contributed by atoms with Gasteiger partial charge >= 0.3 is 0 Å². The van der Waals surface area contributed by atoms with Crippen LogP contribution in [0.25, 0.3) is 0 Å². The Morgan fingerprint density at radius 2 is 1.94 bits per heavy atom. The fourth-order valence-corrected chi connectivity index (χ4v) is 1.88. The van der Waals surface area contributed by atoms with E-state index < -0.39 is 0 Å². The quantitative estimate of drug-likeness (QED) is 0.693. The van der Waals surface area contributed by atoms with Crippen LogP contribution in [0.4, 0.5) is 0 Å². The predicted octanol–water partition coefficient (Wildman–Crippen LogP) is 2.30. The van der Waals surface area contributed by atoms with Gasteiger partial charge in [-0.05, 0) is 31.4 Å². The molecule has 1 aromatic carbocycles. The molecule has 18 heavy (non-hydrogen) atoms. The van der Waals surface area contributed by atoms with Gasteiger partial charge in [0.1, 0.15) is 0 Å². The van der Waals surface area contributed by atoms with Crippen LogP contribution in [0.3, 0.4) is 0 Å². The average molecular weight is 248 g/mol. The molecule has 1 atom stereocenters. The minimum absolute atomic E-state index is 0.126. The van der Waals surface area contributed by atoms with Crippen molar-refractivity contribution in [2.24, 2.45) is 0 Å². The number of carbonyl (C=O) groups excluding carboxylic acids is 1. The van der Waals surface area contributed by atoms with Crippen LogP contribution in [0.15, 0.2) is 30.3 Å². The second kappa shape index (κ2) is 8.70. The fraction of sp³-hybridized carbons (Fsp3) is 0.533. The SMILES string of the molecule is CCNC(=O)CCNCCC(C)c1ccccc1. The third kappa shape index (κ3) is 5.82. The molecule has 0 saturated carbocycles. The standard InChI is InChI=1S/C15H24N2O/c1-3-17-15(18)10-12-16-11-9-13(2)14-7-5-4-6-8-14/h4-8,13,16H,3,9-12H2,1-2H3,(H,17,18). The molecule has 0 heterocycles. The lowest BCUT2D eigenvalue weighted by Gasteiger charge is -2.12. The van der Waals surface area contributed by atoms with Crippen molar-refractivity contribution in [3.05, 3.63) is 35.9 Å². The zero-order valence-electron chi connectivity index (χ0n) is 11.4. The first kappa shape index (κ1) is 14.7. The maximum absolute atomic E-state index is 11.2. The molecule has 1 rings (SSSR count). The summed E-state index contributed by atoms with van der Waals surface area (Å²) in [6.07, 6.45) is 1.66. The summed E-state index contributed by atoms with van der Waals surface area (Å²) in [4.78, 5) is 11.2. The van der Waals surface area contributed by atoms with Gasteiger partial charge in [-0.3, -0.25) is 4.79 Å². The number of benzene rings is 1. The lowest BCUT2D eigenvalue weighted by molar-refractivity contribution is -0.120. The van der Waals surface area contributed by atoms with E-state index in [9.17, 15) is 4.79 Å². The fourth-order valence-electron chi connectivity index (χ4n) is 1.88. The van der Waals surface area contributed by atoms with Crippen molar-refractivity contribution < 1.29 is 4.79 Å². The maximum atomic E-state index is 11.2. The van der Waals surface area contributed by atoms with Crippen molar-refractivity contribution in [1.29, 1.82) is 0 Å². The summed E-state index contributed by atoms with van der Waals surface area (Å²) >= 11 is 0. The minimum atomic E-state index is 0.126. The first-order valence-electron chi connectivity index (χ1n) is 6.76. The van der Waals surface area contributed by atoms with E-state index >= 15 is 0 Å². The number of nitrogens with one attached hydrogen (secondary N) is 2. The zero-order chi connectivity index (χ0) is 13.2. The first-order valence-corrected chi connectivity index (χ1v) is 6.76. The van der Waals surface area contributed by atoms with E-state index in [1.807, 2.05) is 13.0 Å². The molecule has 0 spiro atoms. The molecule has 0 aliphatic carbocycles. The van der Waals surface area contributed by atoms with Crippen molar-refractivity contribution in [1.82, 2.24) is 10.6 Å². The Hall–Kier alpha value is -1.35. The highest BCUT2D eigenvalue weighted by Crippen LogP contribution is 2.17. The molecule has 0 radical (unpaired) electrons. The highest BCUT2D eigenvalue weighted by molar-refractivity contribution is 5.75. The molecule has 0 aliphatic rings. The topological polar surface area (TPSA) is 41.1 Å². The van der Waals surface area contributed by atoms with Crippen LogP contribution >= 0.6 is 0 Å². The molecule has 3 nitrogen and oxygen atoms in total. The van der Waals surface area contributed by atoms with Crippen molar-refractivity contribution in [2.45, 2.75) is 32.6 Å². The normalized spacial score (nSPS) is 12.1. The third-order valence-corrected chi connectivity index (χ3v) is 3.03. The van der Waals surface area contributed by atoms with Crippen molar-refractivity contribution in [3.63, 3.8) is 0 Å². The number of hydrogen-bond donors (Lipinski definition) is 2. The van der Waals surface area contributed by atoms with E-state index in [1.54, 1.807) is 0 Å². The molecular weight excluding hydrogens is 224 g/mol. The van der Waals surface area contributed by atoms with Gasteiger partial charge in [0, 0.05) is 19.5 Å². The van der Waals surface area contributed by atoms with Crippen LogP contribution in [0.5, 0.6) is 0 Å². The van der Waals surface area contributed by atoms with E-state index in [0.717, 1.165) is 19.5 Å². The summed E-state index contributed by atoms with van der Waals surface area (Å²) in [6.45, 7) is 6.60. The van der Waals surface area contributed by atoms with E-state index in [2.05, 4.69) is 41.8 Å². The van der Waals surface area contributed by atoms with Crippen LogP contribution < -0.4 is 10.6 Å². The Bertz CT molecular complexity index is 338. The van der Waals surface area contributed by atoms with Crippen LogP contribution in [-0.2, 0) is 4.79 Å². The van der Waals surface area contributed by atoms with E-state index in [-0.39, 0.29) is 5.91 Å². The van der Waals surface area contributed by atoms with E-state index in [0.29, 0.717) is 18.9 Å². The summed E-state index contributed by atoms with van der Waals surface area (Å²) < 4.78 is 0. The number of amides is 1. The van der Waals surface area contributed by atoms with Gasteiger partial charge in [-0.2, -0.15) is 0 Å². The van der Waals surface area contributed by atoms with Gasteiger partial charge in [0.05, 0.1) is 0 Å². The van der Waals surface area contributed by atoms with Gasteiger partial charge in [-0.15, -0.1) is 0 Å². The molecule has 0 fully saturated rings. The van der Waals surface area contributed by atoms with Gasteiger partial charge in [0.2, 0.25) is 5.91 Å². The molecule has 3 heteroatoms. The molecular formula is C15H24N2O. The summed E-state index contributed by atoms with van der Waals surface area (Å²) in [5, 5.41) is 6.11. The van der Waals surface area contributed by atoms with Crippen LogP contribution in [0, 0.1) is 0 Å². The molecule has 2 N–H and O–H groups in total. The molecule has 0 aromatic heterocycles. The lowest BCUT2D eigenvalue weighted by Crippen LogP contribution is -2.28. The monoisotopic (exact) mass is 248 g/mol.